The highest BCUT2D eigenvalue weighted by Crippen LogP contribution is 2.34. The largest absolute Gasteiger partial charge is 0.416 e. The van der Waals surface area contributed by atoms with Gasteiger partial charge in [0.25, 0.3) is 10.0 Å². The Labute approximate surface area is 161 Å². The molecule has 0 radical (unpaired) electrons. The van der Waals surface area contributed by atoms with Crippen LogP contribution >= 0.6 is 0 Å². The lowest BCUT2D eigenvalue weighted by Crippen LogP contribution is -2.17. The van der Waals surface area contributed by atoms with Gasteiger partial charge in [-0.2, -0.15) is 13.2 Å². The van der Waals surface area contributed by atoms with Crippen molar-refractivity contribution in [3.05, 3.63) is 65.4 Å². The molecule has 28 heavy (non-hydrogen) atoms. The normalized spacial score (nSPS) is 13.2. The zero-order valence-corrected chi connectivity index (χ0v) is 16.4. The van der Waals surface area contributed by atoms with Crippen LogP contribution in [0.4, 0.5) is 13.2 Å². The first-order valence-corrected chi connectivity index (χ1v) is 9.98. The van der Waals surface area contributed by atoms with Gasteiger partial charge >= 0.3 is 6.18 Å². The molecule has 2 aromatic carbocycles. The third kappa shape index (κ3) is 3.54. The van der Waals surface area contributed by atoms with E-state index in [-0.39, 0.29) is 26.9 Å². The molecule has 8 heteroatoms. The molecule has 0 fully saturated rings. The van der Waals surface area contributed by atoms with E-state index in [1.54, 1.807) is 12.1 Å². The molecule has 0 aliphatic heterocycles. The summed E-state index contributed by atoms with van der Waals surface area (Å²) in [6, 6.07) is 10.5. The first-order valence-electron chi connectivity index (χ1n) is 8.54. The Balaban J connectivity index is 2.25. The molecular weight excluding hydrogens is 391 g/mol. The van der Waals surface area contributed by atoms with Crippen LogP contribution in [0.5, 0.6) is 0 Å². The minimum Gasteiger partial charge on any atom is -0.390 e. The Kier molecular flexibility index (Phi) is 4.84. The molecule has 0 bridgehead atoms. The number of aliphatic hydroxyl groups is 1. The summed E-state index contributed by atoms with van der Waals surface area (Å²) in [6.07, 6.45) is -4.55. The molecule has 0 saturated heterocycles. The molecule has 3 aromatic rings. The molecule has 0 spiro atoms. The van der Waals surface area contributed by atoms with Crippen LogP contribution in [-0.2, 0) is 28.2 Å². The average molecular weight is 411 g/mol. The quantitative estimate of drug-likeness (QED) is 0.680. The molecule has 3 rings (SSSR count). The highest BCUT2D eigenvalue weighted by Gasteiger charge is 2.32. The van der Waals surface area contributed by atoms with Crippen molar-refractivity contribution in [1.82, 2.24) is 3.97 Å². The summed E-state index contributed by atoms with van der Waals surface area (Å²) in [6.45, 7) is 5.21. The first kappa shape index (κ1) is 20.4. The van der Waals surface area contributed by atoms with Gasteiger partial charge in [-0.25, -0.2) is 12.4 Å². The molecule has 1 aromatic heterocycles. The number of alkyl halides is 3. The van der Waals surface area contributed by atoms with Crippen molar-refractivity contribution in [2.75, 3.05) is 0 Å². The van der Waals surface area contributed by atoms with Gasteiger partial charge in [-0.3, -0.25) is 0 Å². The number of hydrogen-bond acceptors (Lipinski definition) is 3. The fourth-order valence-corrected chi connectivity index (χ4v) is 4.63. The predicted octanol–water partition coefficient (Wildman–Crippen LogP) is 4.69. The summed E-state index contributed by atoms with van der Waals surface area (Å²) in [7, 11) is -4.12. The van der Waals surface area contributed by atoms with Crippen molar-refractivity contribution in [3.8, 4) is 0 Å². The zero-order chi connectivity index (χ0) is 20.9. The van der Waals surface area contributed by atoms with Gasteiger partial charge in [0, 0.05) is 5.39 Å². The number of rotatable bonds is 3. The van der Waals surface area contributed by atoms with E-state index >= 15 is 0 Å². The lowest BCUT2D eigenvalue weighted by molar-refractivity contribution is -0.137. The van der Waals surface area contributed by atoms with Crippen LogP contribution in [0.1, 0.15) is 37.6 Å². The van der Waals surface area contributed by atoms with Crippen LogP contribution in [0.3, 0.4) is 0 Å². The van der Waals surface area contributed by atoms with Crippen molar-refractivity contribution in [1.29, 1.82) is 0 Å². The van der Waals surface area contributed by atoms with E-state index < -0.39 is 28.4 Å². The van der Waals surface area contributed by atoms with E-state index in [1.807, 2.05) is 26.8 Å². The second-order valence-corrected chi connectivity index (χ2v) is 9.40. The Morgan fingerprint density at radius 1 is 0.964 bits per heavy atom. The predicted molar refractivity (Wildman–Crippen MR) is 101 cm³/mol. The van der Waals surface area contributed by atoms with Crippen molar-refractivity contribution >= 4 is 20.9 Å². The van der Waals surface area contributed by atoms with Gasteiger partial charge in [0.05, 0.1) is 28.3 Å². The average Bonchev–Trinajstić information content (AvgIpc) is 2.99. The van der Waals surface area contributed by atoms with Crippen molar-refractivity contribution in [2.24, 2.45) is 0 Å². The first-order chi connectivity index (χ1) is 12.9. The minimum absolute atomic E-state index is 0.00418. The summed E-state index contributed by atoms with van der Waals surface area (Å²) in [5.41, 5.74) is -0.288. The maximum Gasteiger partial charge on any atom is 0.416 e. The van der Waals surface area contributed by atoms with E-state index in [2.05, 4.69) is 0 Å². The Morgan fingerprint density at radius 2 is 1.64 bits per heavy atom. The highest BCUT2D eigenvalue weighted by molar-refractivity contribution is 7.90. The van der Waals surface area contributed by atoms with Gasteiger partial charge in [0.1, 0.15) is 0 Å². The Hall–Kier alpha value is -2.32. The third-order valence-electron chi connectivity index (χ3n) is 4.56. The van der Waals surface area contributed by atoms with E-state index in [9.17, 15) is 26.7 Å². The molecule has 150 valence electrons. The number of aromatic nitrogens is 1. The van der Waals surface area contributed by atoms with Crippen LogP contribution in [-0.4, -0.2) is 17.5 Å². The summed E-state index contributed by atoms with van der Waals surface area (Å²) in [5, 5.41) is 9.73. The molecular formula is C20H20F3NO3S. The fourth-order valence-electron chi connectivity index (χ4n) is 3.05. The highest BCUT2D eigenvalue weighted by atomic mass is 32.2. The van der Waals surface area contributed by atoms with Crippen LogP contribution < -0.4 is 0 Å². The van der Waals surface area contributed by atoms with Gasteiger partial charge in [0.15, 0.2) is 0 Å². The number of hydrogen-bond donors (Lipinski definition) is 1. The van der Waals surface area contributed by atoms with Gasteiger partial charge in [-0.1, -0.05) is 32.9 Å². The van der Waals surface area contributed by atoms with Crippen molar-refractivity contribution < 1.29 is 26.7 Å². The summed E-state index contributed by atoms with van der Waals surface area (Å²) < 4.78 is 66.4. The van der Waals surface area contributed by atoms with Gasteiger partial charge in [-0.15, -0.1) is 0 Å². The van der Waals surface area contributed by atoms with Crippen LogP contribution in [0, 0.1) is 0 Å². The summed E-state index contributed by atoms with van der Waals surface area (Å²) in [4.78, 5) is 0.00650. The van der Waals surface area contributed by atoms with Crippen molar-refractivity contribution in [3.63, 3.8) is 0 Å². The Morgan fingerprint density at radius 3 is 2.21 bits per heavy atom. The second kappa shape index (κ2) is 6.63. The number of halogens is 3. The second-order valence-electron chi connectivity index (χ2n) is 7.61. The molecule has 0 amide bonds. The summed E-state index contributed by atoms with van der Waals surface area (Å²) in [5.74, 6) is 0. The molecule has 0 saturated carbocycles. The molecule has 1 N–H and O–H groups in total. The van der Waals surface area contributed by atoms with E-state index in [0.29, 0.717) is 0 Å². The van der Waals surface area contributed by atoms with E-state index in [4.69, 9.17) is 0 Å². The number of benzene rings is 2. The van der Waals surface area contributed by atoms with Crippen LogP contribution in [0.15, 0.2) is 53.4 Å². The minimum atomic E-state index is -4.55. The SMILES string of the molecule is CC(C)(C)c1cccc(S(=O)(=O)n2c(CO)cc3cc(C(F)(F)F)ccc32)c1. The topological polar surface area (TPSA) is 59.3 Å². The molecule has 4 nitrogen and oxygen atoms in total. The van der Waals surface area contributed by atoms with Crippen LogP contribution in [0.2, 0.25) is 0 Å². The van der Waals surface area contributed by atoms with Gasteiger partial charge in [-0.05, 0) is 47.4 Å². The maximum atomic E-state index is 13.3. The molecule has 0 atom stereocenters. The van der Waals surface area contributed by atoms with E-state index in [0.717, 1.165) is 27.7 Å². The monoisotopic (exact) mass is 411 g/mol. The lowest BCUT2D eigenvalue weighted by atomic mass is 9.87. The summed E-state index contributed by atoms with van der Waals surface area (Å²) >= 11 is 0. The molecule has 0 aliphatic rings. The molecule has 1 heterocycles. The lowest BCUT2D eigenvalue weighted by Gasteiger charge is -2.20. The molecule has 0 unspecified atom stereocenters. The van der Waals surface area contributed by atoms with Crippen molar-refractivity contribution in [2.45, 2.75) is 43.9 Å². The smallest absolute Gasteiger partial charge is 0.390 e. The standard InChI is InChI=1S/C20H20F3NO3S/c1-19(2,3)14-5-4-6-17(11-14)28(26,27)24-16(12-25)10-13-9-15(20(21,22)23)7-8-18(13)24/h4-11,25H,12H2,1-3H3. The number of nitrogens with zero attached hydrogens (tertiary/aromatic N) is 1. The fraction of sp³-hybridized carbons (Fsp3) is 0.300. The van der Waals surface area contributed by atoms with Crippen LogP contribution in [0.25, 0.3) is 10.9 Å². The van der Waals surface area contributed by atoms with E-state index in [1.165, 1.54) is 12.1 Å². The number of fused-ring (bicyclic) bond motifs is 1. The van der Waals surface area contributed by atoms with Gasteiger partial charge in [0.2, 0.25) is 0 Å². The molecule has 0 aliphatic carbocycles. The Bertz CT molecular complexity index is 1140. The third-order valence-corrected chi connectivity index (χ3v) is 6.32. The number of aliphatic hydroxyl groups excluding tert-OH is 1. The van der Waals surface area contributed by atoms with Gasteiger partial charge < -0.3 is 5.11 Å². The maximum absolute atomic E-state index is 13.3. The zero-order valence-electron chi connectivity index (χ0n) is 15.6.